The van der Waals surface area contributed by atoms with E-state index in [4.69, 9.17) is 9.26 Å². The molecule has 19 heavy (non-hydrogen) atoms. The van der Waals surface area contributed by atoms with Crippen molar-refractivity contribution < 1.29 is 19.0 Å². The number of carbonyl (C=O) groups is 1. The molecule has 0 spiro atoms. The van der Waals surface area contributed by atoms with Crippen LogP contribution in [0.3, 0.4) is 0 Å². The van der Waals surface area contributed by atoms with E-state index in [9.17, 15) is 14.9 Å². The Balaban J connectivity index is 2.23. The van der Waals surface area contributed by atoms with Crippen LogP contribution in [0.1, 0.15) is 17.4 Å². The van der Waals surface area contributed by atoms with Crippen molar-refractivity contribution in [3.05, 3.63) is 46.1 Å². The number of nitro groups is 1. The maximum absolute atomic E-state index is 11.4. The van der Waals surface area contributed by atoms with Gasteiger partial charge < -0.3 is 9.26 Å². The van der Waals surface area contributed by atoms with Crippen LogP contribution in [0.4, 0.5) is 5.69 Å². The third-order valence-electron chi connectivity index (χ3n) is 2.36. The molecule has 0 aliphatic heterocycles. The van der Waals surface area contributed by atoms with Crippen LogP contribution >= 0.6 is 0 Å². The fourth-order valence-corrected chi connectivity index (χ4v) is 1.46. The van der Waals surface area contributed by atoms with Gasteiger partial charge in [-0.3, -0.25) is 10.1 Å². The predicted octanol–water partition coefficient (Wildman–Crippen LogP) is 2.43. The monoisotopic (exact) mass is 262 g/mol. The molecule has 0 atom stereocenters. The Hall–Kier alpha value is -2.70. The Kier molecular flexibility index (Phi) is 3.56. The topological polar surface area (TPSA) is 95.5 Å². The minimum Gasteiger partial charge on any atom is -0.461 e. The first-order chi connectivity index (χ1) is 9.11. The SMILES string of the molecule is CCOC(=O)c1cc(-c2ccc([N+](=O)[O-])cc2)on1. The van der Waals surface area contributed by atoms with Crippen molar-refractivity contribution in [2.45, 2.75) is 6.92 Å². The van der Waals surface area contributed by atoms with E-state index in [0.717, 1.165) is 0 Å². The molecule has 7 nitrogen and oxygen atoms in total. The zero-order valence-electron chi connectivity index (χ0n) is 10.0. The fraction of sp³-hybridized carbons (Fsp3) is 0.167. The highest BCUT2D eigenvalue weighted by Gasteiger charge is 2.15. The Labute approximate surface area is 107 Å². The second-order valence-electron chi connectivity index (χ2n) is 3.60. The number of nitrogens with zero attached hydrogens (tertiary/aromatic N) is 2. The van der Waals surface area contributed by atoms with Gasteiger partial charge in [0.2, 0.25) is 0 Å². The minimum atomic E-state index is -0.570. The van der Waals surface area contributed by atoms with E-state index in [1.807, 2.05) is 0 Å². The summed E-state index contributed by atoms with van der Waals surface area (Å²) >= 11 is 0. The van der Waals surface area contributed by atoms with Gasteiger partial charge in [0.15, 0.2) is 11.5 Å². The molecule has 0 bridgehead atoms. The van der Waals surface area contributed by atoms with Crippen LogP contribution in [-0.2, 0) is 4.74 Å². The second kappa shape index (κ2) is 5.30. The summed E-state index contributed by atoms with van der Waals surface area (Å²) in [7, 11) is 0. The van der Waals surface area contributed by atoms with Gasteiger partial charge >= 0.3 is 5.97 Å². The first-order valence-corrected chi connectivity index (χ1v) is 5.50. The summed E-state index contributed by atoms with van der Waals surface area (Å²) in [6.45, 7) is 1.94. The average Bonchev–Trinajstić information content (AvgIpc) is 2.89. The average molecular weight is 262 g/mol. The van der Waals surface area contributed by atoms with Crippen molar-refractivity contribution in [1.82, 2.24) is 5.16 Å². The molecule has 0 saturated heterocycles. The smallest absolute Gasteiger partial charge is 0.360 e. The third-order valence-corrected chi connectivity index (χ3v) is 2.36. The lowest BCUT2D eigenvalue weighted by Crippen LogP contribution is -2.04. The standard InChI is InChI=1S/C12H10N2O5/c1-2-18-12(15)10-7-11(19-13-10)8-3-5-9(6-4-8)14(16)17/h3-7H,2H2,1H3. The molecule has 7 heteroatoms. The van der Waals surface area contributed by atoms with Crippen LogP contribution in [0.25, 0.3) is 11.3 Å². The quantitative estimate of drug-likeness (QED) is 0.477. The van der Waals surface area contributed by atoms with Crippen LogP contribution in [0, 0.1) is 10.1 Å². The van der Waals surface area contributed by atoms with Crippen LogP contribution in [0.5, 0.6) is 0 Å². The van der Waals surface area contributed by atoms with E-state index < -0.39 is 10.9 Å². The lowest BCUT2D eigenvalue weighted by atomic mass is 10.1. The van der Waals surface area contributed by atoms with Gasteiger partial charge in [-0.25, -0.2) is 4.79 Å². The van der Waals surface area contributed by atoms with Gasteiger partial charge in [-0.2, -0.15) is 0 Å². The number of nitro benzene ring substituents is 1. The first kappa shape index (κ1) is 12.7. The fourth-order valence-electron chi connectivity index (χ4n) is 1.46. The molecular formula is C12H10N2O5. The van der Waals surface area contributed by atoms with E-state index >= 15 is 0 Å². The Morgan fingerprint density at radius 1 is 1.42 bits per heavy atom. The number of carbonyl (C=O) groups excluding carboxylic acids is 1. The van der Waals surface area contributed by atoms with Crippen molar-refractivity contribution in [2.75, 3.05) is 6.61 Å². The molecule has 0 radical (unpaired) electrons. The summed E-state index contributed by atoms with van der Waals surface area (Å²) in [6.07, 6.45) is 0. The van der Waals surface area contributed by atoms with Crippen molar-refractivity contribution in [1.29, 1.82) is 0 Å². The number of hydrogen-bond acceptors (Lipinski definition) is 6. The number of non-ortho nitro benzene ring substituents is 1. The Morgan fingerprint density at radius 2 is 2.11 bits per heavy atom. The van der Waals surface area contributed by atoms with Crippen LogP contribution in [0.15, 0.2) is 34.9 Å². The van der Waals surface area contributed by atoms with Crippen molar-refractivity contribution in [3.8, 4) is 11.3 Å². The molecule has 1 aromatic heterocycles. The molecule has 0 fully saturated rings. The van der Waals surface area contributed by atoms with Gasteiger partial charge in [0.25, 0.3) is 5.69 Å². The second-order valence-corrected chi connectivity index (χ2v) is 3.60. The summed E-state index contributed by atoms with van der Waals surface area (Å²) in [5, 5.41) is 14.1. The van der Waals surface area contributed by atoms with Crippen LogP contribution in [0.2, 0.25) is 0 Å². The van der Waals surface area contributed by atoms with Crippen molar-refractivity contribution in [3.63, 3.8) is 0 Å². The van der Waals surface area contributed by atoms with Gasteiger partial charge in [-0.1, -0.05) is 5.16 Å². The molecule has 0 unspecified atom stereocenters. The van der Waals surface area contributed by atoms with Gasteiger partial charge in [0, 0.05) is 23.8 Å². The van der Waals surface area contributed by atoms with E-state index in [-0.39, 0.29) is 18.0 Å². The maximum Gasteiger partial charge on any atom is 0.360 e. The zero-order valence-corrected chi connectivity index (χ0v) is 10.0. The van der Waals surface area contributed by atoms with Crippen molar-refractivity contribution in [2.24, 2.45) is 0 Å². The van der Waals surface area contributed by atoms with Gasteiger partial charge in [-0.05, 0) is 19.1 Å². The van der Waals surface area contributed by atoms with E-state index in [1.54, 1.807) is 6.92 Å². The summed E-state index contributed by atoms with van der Waals surface area (Å²) in [4.78, 5) is 21.4. The number of benzene rings is 1. The molecule has 1 heterocycles. The normalized spacial score (nSPS) is 10.2. The van der Waals surface area contributed by atoms with Crippen molar-refractivity contribution >= 4 is 11.7 Å². The largest absolute Gasteiger partial charge is 0.461 e. The number of esters is 1. The molecule has 98 valence electrons. The van der Waals surface area contributed by atoms with E-state index in [1.165, 1.54) is 30.3 Å². The summed E-state index contributed by atoms with van der Waals surface area (Å²) in [5.74, 6) is -0.225. The van der Waals surface area contributed by atoms with Gasteiger partial charge in [-0.15, -0.1) is 0 Å². The molecule has 1 aromatic carbocycles. The number of ether oxygens (including phenoxy) is 1. The predicted molar refractivity (Wildman–Crippen MR) is 64.5 cm³/mol. The van der Waals surface area contributed by atoms with E-state index in [0.29, 0.717) is 11.3 Å². The molecule has 2 rings (SSSR count). The highest BCUT2D eigenvalue weighted by molar-refractivity contribution is 5.88. The van der Waals surface area contributed by atoms with Crippen LogP contribution < -0.4 is 0 Å². The molecule has 2 aromatic rings. The maximum atomic E-state index is 11.4. The number of hydrogen-bond donors (Lipinski definition) is 0. The molecule has 0 N–H and O–H groups in total. The van der Waals surface area contributed by atoms with E-state index in [2.05, 4.69) is 5.16 Å². The summed E-state index contributed by atoms with van der Waals surface area (Å²) in [5.41, 5.74) is 0.637. The molecule has 0 saturated carbocycles. The summed E-state index contributed by atoms with van der Waals surface area (Å²) in [6, 6.07) is 7.17. The summed E-state index contributed by atoms with van der Waals surface area (Å²) < 4.78 is 9.77. The van der Waals surface area contributed by atoms with Gasteiger partial charge in [0.1, 0.15) is 0 Å². The number of aromatic nitrogens is 1. The highest BCUT2D eigenvalue weighted by atomic mass is 16.6. The van der Waals surface area contributed by atoms with Gasteiger partial charge in [0.05, 0.1) is 11.5 Å². The molecule has 0 aliphatic rings. The lowest BCUT2D eigenvalue weighted by molar-refractivity contribution is -0.384. The molecule has 0 amide bonds. The molecular weight excluding hydrogens is 252 g/mol. The number of rotatable bonds is 4. The Bertz CT molecular complexity index is 603. The first-order valence-electron chi connectivity index (χ1n) is 5.50. The van der Waals surface area contributed by atoms with Crippen LogP contribution in [-0.4, -0.2) is 22.7 Å². The Morgan fingerprint density at radius 3 is 2.68 bits per heavy atom. The third kappa shape index (κ3) is 2.76. The molecule has 0 aliphatic carbocycles. The minimum absolute atomic E-state index is 0.0196. The zero-order chi connectivity index (χ0) is 13.8. The highest BCUT2D eigenvalue weighted by Crippen LogP contribution is 2.23. The lowest BCUT2D eigenvalue weighted by Gasteiger charge is -1.95.